The lowest BCUT2D eigenvalue weighted by Gasteiger charge is -2.30. The Morgan fingerprint density at radius 2 is 1.61 bits per heavy atom. The lowest BCUT2D eigenvalue weighted by Crippen LogP contribution is -2.45. The average molecular weight is 421 g/mol. The van der Waals surface area contributed by atoms with E-state index >= 15 is 0 Å². The first-order chi connectivity index (χ1) is 13.3. The second-order valence-corrected chi connectivity index (χ2v) is 9.18. The van der Waals surface area contributed by atoms with E-state index < -0.39 is 21.3 Å². The largest absolute Gasteiger partial charge is 0.342 e. The Bertz CT molecular complexity index is 864. The van der Waals surface area contributed by atoms with Crippen LogP contribution in [0.3, 0.4) is 0 Å². The maximum Gasteiger partial charge on any atom is 0.241 e. The second-order valence-electron chi connectivity index (χ2n) is 6.49. The first-order valence-electron chi connectivity index (χ1n) is 9.29. The summed E-state index contributed by atoms with van der Waals surface area (Å²) in [5.74, 6) is -0.0713. The molecule has 2 rings (SSSR count). The highest BCUT2D eigenvalue weighted by Crippen LogP contribution is 2.29. The van der Waals surface area contributed by atoms with Crippen molar-refractivity contribution in [1.82, 2.24) is 9.62 Å². The SMILES string of the molecule is CCN(CC)C(=O)[C@@H](SC)[C@H](NS(=O)(=O)c1ccc(C)cc1)c1ccccc1. The average Bonchev–Trinajstić information content (AvgIpc) is 2.69. The van der Waals surface area contributed by atoms with Crippen LogP contribution in [0, 0.1) is 6.92 Å². The highest BCUT2D eigenvalue weighted by molar-refractivity contribution is 8.00. The molecule has 0 spiro atoms. The molecular weight excluding hydrogens is 392 g/mol. The van der Waals surface area contributed by atoms with Crippen molar-refractivity contribution in [1.29, 1.82) is 0 Å². The molecule has 152 valence electrons. The normalized spacial score (nSPS) is 13.7. The van der Waals surface area contributed by atoms with Gasteiger partial charge in [-0.2, -0.15) is 0 Å². The molecule has 0 fully saturated rings. The molecule has 0 unspecified atom stereocenters. The maximum absolute atomic E-state index is 13.1. The number of hydrogen-bond donors (Lipinski definition) is 1. The summed E-state index contributed by atoms with van der Waals surface area (Å²) in [4.78, 5) is 15.0. The molecule has 0 heterocycles. The van der Waals surface area contributed by atoms with Gasteiger partial charge in [-0.05, 0) is 44.7 Å². The summed E-state index contributed by atoms with van der Waals surface area (Å²) in [5, 5.41) is -0.567. The minimum absolute atomic E-state index is 0.0713. The zero-order valence-corrected chi connectivity index (χ0v) is 18.4. The highest BCUT2D eigenvalue weighted by atomic mass is 32.2. The molecule has 0 saturated heterocycles. The first kappa shape index (κ1) is 22.5. The topological polar surface area (TPSA) is 66.5 Å². The van der Waals surface area contributed by atoms with Gasteiger partial charge in [0.05, 0.1) is 10.9 Å². The molecule has 0 saturated carbocycles. The van der Waals surface area contributed by atoms with Crippen LogP contribution in [0.25, 0.3) is 0 Å². The van der Waals surface area contributed by atoms with Gasteiger partial charge in [0.2, 0.25) is 15.9 Å². The monoisotopic (exact) mass is 420 g/mol. The Hall–Kier alpha value is -1.83. The number of thioether (sulfide) groups is 1. The highest BCUT2D eigenvalue weighted by Gasteiger charge is 2.34. The zero-order valence-electron chi connectivity index (χ0n) is 16.8. The van der Waals surface area contributed by atoms with Gasteiger partial charge in [0.15, 0.2) is 0 Å². The van der Waals surface area contributed by atoms with Gasteiger partial charge in [-0.1, -0.05) is 48.0 Å². The molecule has 0 radical (unpaired) electrons. The lowest BCUT2D eigenvalue weighted by atomic mass is 10.0. The van der Waals surface area contributed by atoms with Crippen LogP contribution in [0.1, 0.15) is 31.0 Å². The van der Waals surface area contributed by atoms with E-state index in [-0.39, 0.29) is 10.8 Å². The van der Waals surface area contributed by atoms with Crippen molar-refractivity contribution in [3.05, 3.63) is 65.7 Å². The Morgan fingerprint density at radius 3 is 2.11 bits per heavy atom. The van der Waals surface area contributed by atoms with E-state index in [1.54, 1.807) is 29.2 Å². The molecule has 0 aromatic heterocycles. The van der Waals surface area contributed by atoms with Gasteiger partial charge in [0, 0.05) is 13.1 Å². The van der Waals surface area contributed by atoms with Crippen LogP contribution in [-0.4, -0.2) is 43.8 Å². The Kier molecular flexibility index (Phi) is 8.10. The Labute approximate surface area is 172 Å². The summed E-state index contributed by atoms with van der Waals surface area (Å²) in [6, 6.07) is 15.3. The van der Waals surface area contributed by atoms with Crippen LogP contribution in [0.5, 0.6) is 0 Å². The van der Waals surface area contributed by atoms with Crippen molar-refractivity contribution in [3.8, 4) is 0 Å². The molecule has 1 N–H and O–H groups in total. The van der Waals surface area contributed by atoms with Crippen LogP contribution in [-0.2, 0) is 14.8 Å². The molecular formula is C21H28N2O3S2. The van der Waals surface area contributed by atoms with Gasteiger partial charge in [-0.15, -0.1) is 11.8 Å². The molecule has 0 aliphatic heterocycles. The number of nitrogens with one attached hydrogen (secondary N) is 1. The number of amides is 1. The van der Waals surface area contributed by atoms with Crippen LogP contribution in [0.15, 0.2) is 59.5 Å². The fraction of sp³-hybridized carbons (Fsp3) is 0.381. The predicted octanol–water partition coefficient (Wildman–Crippen LogP) is 3.61. The fourth-order valence-electron chi connectivity index (χ4n) is 3.01. The summed E-state index contributed by atoms with van der Waals surface area (Å²) < 4.78 is 28.9. The molecule has 2 aromatic carbocycles. The third-order valence-corrected chi connectivity index (χ3v) is 7.09. The number of rotatable bonds is 9. The van der Waals surface area contributed by atoms with Crippen LogP contribution >= 0.6 is 11.8 Å². The molecule has 0 bridgehead atoms. The van der Waals surface area contributed by atoms with E-state index in [2.05, 4.69) is 4.72 Å². The van der Waals surface area contributed by atoms with Gasteiger partial charge in [-0.3, -0.25) is 4.79 Å². The fourth-order valence-corrected chi connectivity index (χ4v) is 5.18. The van der Waals surface area contributed by atoms with Crippen molar-refractivity contribution in [2.75, 3.05) is 19.3 Å². The Morgan fingerprint density at radius 1 is 1.04 bits per heavy atom. The van der Waals surface area contributed by atoms with Crippen LogP contribution < -0.4 is 4.72 Å². The lowest BCUT2D eigenvalue weighted by molar-refractivity contribution is -0.130. The van der Waals surface area contributed by atoms with Crippen molar-refractivity contribution in [2.24, 2.45) is 0 Å². The molecule has 2 atom stereocenters. The van der Waals surface area contributed by atoms with Crippen molar-refractivity contribution in [3.63, 3.8) is 0 Å². The number of benzene rings is 2. The van der Waals surface area contributed by atoms with E-state index in [0.29, 0.717) is 13.1 Å². The summed E-state index contributed by atoms with van der Waals surface area (Å²) in [7, 11) is -3.79. The van der Waals surface area contributed by atoms with Crippen LogP contribution in [0.2, 0.25) is 0 Å². The molecule has 0 aliphatic rings. The number of sulfonamides is 1. The smallest absolute Gasteiger partial charge is 0.241 e. The Balaban J connectivity index is 2.44. The number of nitrogens with zero attached hydrogens (tertiary/aromatic N) is 1. The summed E-state index contributed by atoms with van der Waals surface area (Å²) in [6.07, 6.45) is 1.84. The van der Waals surface area contributed by atoms with E-state index in [1.165, 1.54) is 11.8 Å². The number of carbonyl (C=O) groups excluding carboxylic acids is 1. The predicted molar refractivity (Wildman–Crippen MR) is 116 cm³/mol. The first-order valence-corrected chi connectivity index (χ1v) is 12.1. The second kappa shape index (κ2) is 10.1. The summed E-state index contributed by atoms with van der Waals surface area (Å²) >= 11 is 1.36. The number of aryl methyl sites for hydroxylation is 1. The maximum atomic E-state index is 13.1. The minimum Gasteiger partial charge on any atom is -0.342 e. The molecule has 28 heavy (non-hydrogen) atoms. The van der Waals surface area contributed by atoms with Crippen LogP contribution in [0.4, 0.5) is 0 Å². The van der Waals surface area contributed by atoms with Gasteiger partial charge >= 0.3 is 0 Å². The molecule has 0 aliphatic carbocycles. The van der Waals surface area contributed by atoms with Crippen molar-refractivity contribution < 1.29 is 13.2 Å². The minimum atomic E-state index is -3.79. The van der Waals surface area contributed by atoms with E-state index in [4.69, 9.17) is 0 Å². The third kappa shape index (κ3) is 5.37. The van der Waals surface area contributed by atoms with Gasteiger partial charge in [0.25, 0.3) is 0 Å². The molecule has 7 heteroatoms. The summed E-state index contributed by atoms with van der Waals surface area (Å²) in [5.41, 5.74) is 1.75. The van der Waals surface area contributed by atoms with Crippen molar-refractivity contribution in [2.45, 2.75) is 37.0 Å². The third-order valence-electron chi connectivity index (χ3n) is 4.65. The molecule has 2 aromatic rings. The van der Waals surface area contributed by atoms with Gasteiger partial charge < -0.3 is 4.90 Å². The standard InChI is InChI=1S/C21H28N2O3S2/c1-5-23(6-2)21(24)20(27-4)19(17-10-8-7-9-11-17)22-28(25,26)18-14-12-16(3)13-15-18/h7-15,19-20,22H,5-6H2,1-4H3/t19-,20+/m1/s1. The van der Waals surface area contributed by atoms with E-state index in [1.807, 2.05) is 57.4 Å². The van der Waals surface area contributed by atoms with Crippen molar-refractivity contribution >= 4 is 27.7 Å². The number of carbonyl (C=O) groups is 1. The summed E-state index contributed by atoms with van der Waals surface area (Å²) in [6.45, 7) is 6.92. The molecule has 1 amide bonds. The quantitative estimate of drug-likeness (QED) is 0.673. The zero-order chi connectivity index (χ0) is 20.7. The van der Waals surface area contributed by atoms with E-state index in [0.717, 1.165) is 11.1 Å². The van der Waals surface area contributed by atoms with Gasteiger partial charge in [0.1, 0.15) is 5.25 Å². The van der Waals surface area contributed by atoms with Gasteiger partial charge in [-0.25, -0.2) is 13.1 Å². The molecule has 5 nitrogen and oxygen atoms in total. The number of hydrogen-bond acceptors (Lipinski definition) is 4. The van der Waals surface area contributed by atoms with E-state index in [9.17, 15) is 13.2 Å².